The molecule has 1 aliphatic rings. The second kappa shape index (κ2) is 6.67. The summed E-state index contributed by atoms with van der Waals surface area (Å²) in [6, 6.07) is 0. The van der Waals surface area contributed by atoms with Gasteiger partial charge < -0.3 is 4.74 Å². The van der Waals surface area contributed by atoms with E-state index in [-0.39, 0.29) is 6.10 Å². The summed E-state index contributed by atoms with van der Waals surface area (Å²) in [5, 5.41) is 0. The second-order valence-electron chi connectivity index (χ2n) is 7.84. The molecule has 2 heterocycles. The van der Waals surface area contributed by atoms with Gasteiger partial charge in [-0.05, 0) is 75.5 Å². The van der Waals surface area contributed by atoms with Crippen molar-refractivity contribution in [3.63, 3.8) is 0 Å². The van der Waals surface area contributed by atoms with E-state index >= 15 is 0 Å². The van der Waals surface area contributed by atoms with Crippen LogP contribution in [-0.4, -0.2) is 4.98 Å². The predicted molar refractivity (Wildman–Crippen MR) is 97.9 cm³/mol. The lowest BCUT2D eigenvalue weighted by molar-refractivity contribution is 0.125. The van der Waals surface area contributed by atoms with Gasteiger partial charge in [-0.2, -0.15) is 0 Å². The molecule has 1 unspecified atom stereocenters. The van der Waals surface area contributed by atoms with E-state index in [4.69, 9.17) is 9.72 Å². The minimum atomic E-state index is 0.0840. The van der Waals surface area contributed by atoms with Gasteiger partial charge in [-0.15, -0.1) is 0 Å². The Kier molecular flexibility index (Phi) is 5.23. The molecule has 0 bridgehead atoms. The zero-order chi connectivity index (χ0) is 17.5. The summed E-state index contributed by atoms with van der Waals surface area (Å²) >= 11 is 0. The number of ether oxygens (including phenoxy) is 1. The molecule has 0 aliphatic carbocycles. The van der Waals surface area contributed by atoms with Crippen LogP contribution in [0, 0.1) is 19.8 Å². The molecular formula is C21H33NO. The monoisotopic (exact) mass is 315 g/mol. The summed E-state index contributed by atoms with van der Waals surface area (Å²) in [5.41, 5.74) is 7.92. The molecule has 2 nitrogen and oxygen atoms in total. The summed E-state index contributed by atoms with van der Waals surface area (Å²) in [5.74, 6) is 2.62. The van der Waals surface area contributed by atoms with Gasteiger partial charge in [0, 0.05) is 17.0 Å². The molecule has 2 atom stereocenters. The van der Waals surface area contributed by atoms with Crippen molar-refractivity contribution in [1.82, 2.24) is 4.98 Å². The molecular weight excluding hydrogens is 282 g/mol. The lowest BCUT2D eigenvalue weighted by Gasteiger charge is -2.34. The first-order valence-corrected chi connectivity index (χ1v) is 8.98. The Labute approximate surface area is 142 Å². The lowest BCUT2D eigenvalue weighted by atomic mass is 9.76. The standard InChI is InChI=1S/C21H33NO/c1-11(2)18-10-13(5)16(8)23-17(9)19-14(6)15(7)22-21(12(3)4)20(18)19/h11-12,17-18H,10H2,1-9H3/b16-13-/t17-,18?/m0/s1. The highest BCUT2D eigenvalue weighted by atomic mass is 16.5. The second-order valence-corrected chi connectivity index (χ2v) is 7.84. The van der Waals surface area contributed by atoms with Gasteiger partial charge in [-0.1, -0.05) is 27.7 Å². The molecule has 0 spiro atoms. The van der Waals surface area contributed by atoms with Crippen LogP contribution in [0.4, 0.5) is 0 Å². The molecule has 2 heteroatoms. The number of pyridine rings is 1. The summed E-state index contributed by atoms with van der Waals surface area (Å²) in [4.78, 5) is 5.00. The van der Waals surface area contributed by atoms with E-state index in [2.05, 4.69) is 62.3 Å². The smallest absolute Gasteiger partial charge is 0.121 e. The van der Waals surface area contributed by atoms with E-state index < -0.39 is 0 Å². The quantitative estimate of drug-likeness (QED) is 0.635. The van der Waals surface area contributed by atoms with E-state index in [9.17, 15) is 0 Å². The van der Waals surface area contributed by atoms with E-state index in [1.807, 2.05) is 0 Å². The Morgan fingerprint density at radius 2 is 1.61 bits per heavy atom. The Morgan fingerprint density at radius 1 is 1.00 bits per heavy atom. The van der Waals surface area contributed by atoms with E-state index in [1.165, 1.54) is 28.0 Å². The number of fused-ring (bicyclic) bond motifs is 1. The van der Waals surface area contributed by atoms with Gasteiger partial charge in [0.25, 0.3) is 0 Å². The van der Waals surface area contributed by atoms with Gasteiger partial charge in [-0.3, -0.25) is 4.98 Å². The molecule has 1 aromatic heterocycles. The van der Waals surface area contributed by atoms with Crippen molar-refractivity contribution in [2.75, 3.05) is 0 Å². The van der Waals surface area contributed by atoms with Crippen LogP contribution in [0.5, 0.6) is 0 Å². The number of aryl methyl sites for hydroxylation is 1. The van der Waals surface area contributed by atoms with Crippen molar-refractivity contribution >= 4 is 0 Å². The zero-order valence-corrected chi connectivity index (χ0v) is 16.4. The number of rotatable bonds is 2. The van der Waals surface area contributed by atoms with Crippen LogP contribution < -0.4 is 0 Å². The molecule has 2 rings (SSSR count). The third-order valence-corrected chi connectivity index (χ3v) is 5.41. The van der Waals surface area contributed by atoms with E-state index in [0.717, 1.165) is 17.9 Å². The molecule has 0 saturated carbocycles. The normalized spacial score (nSPS) is 25.2. The van der Waals surface area contributed by atoms with Crippen LogP contribution in [0.3, 0.4) is 0 Å². The van der Waals surface area contributed by atoms with Gasteiger partial charge in [0.15, 0.2) is 0 Å². The number of hydrogen-bond acceptors (Lipinski definition) is 2. The van der Waals surface area contributed by atoms with Crippen molar-refractivity contribution in [2.24, 2.45) is 5.92 Å². The van der Waals surface area contributed by atoms with Crippen LogP contribution in [0.15, 0.2) is 11.3 Å². The van der Waals surface area contributed by atoms with Gasteiger partial charge >= 0.3 is 0 Å². The van der Waals surface area contributed by atoms with Crippen molar-refractivity contribution < 1.29 is 4.74 Å². The topological polar surface area (TPSA) is 22.1 Å². The molecule has 0 saturated heterocycles. The number of nitrogens with zero attached hydrogens (tertiary/aromatic N) is 1. The maximum absolute atomic E-state index is 6.28. The highest BCUT2D eigenvalue weighted by Crippen LogP contribution is 2.44. The number of allylic oxidation sites excluding steroid dienone is 2. The maximum Gasteiger partial charge on any atom is 0.121 e. The van der Waals surface area contributed by atoms with Crippen LogP contribution >= 0.6 is 0 Å². The SMILES string of the molecule is C/C1=C(\C)O[C@@H](C)c2c(C)c(C)nc(C(C)C)c2C(C(C)C)C1. The first kappa shape index (κ1) is 18.0. The van der Waals surface area contributed by atoms with Crippen molar-refractivity contribution in [2.45, 2.75) is 86.7 Å². The van der Waals surface area contributed by atoms with Crippen LogP contribution in [0.2, 0.25) is 0 Å². The molecule has 0 fully saturated rings. The third-order valence-electron chi connectivity index (χ3n) is 5.41. The van der Waals surface area contributed by atoms with Crippen LogP contribution in [-0.2, 0) is 4.74 Å². The Morgan fingerprint density at radius 3 is 2.13 bits per heavy atom. The molecule has 128 valence electrons. The first-order chi connectivity index (χ1) is 10.6. The van der Waals surface area contributed by atoms with Crippen molar-refractivity contribution in [1.29, 1.82) is 0 Å². The van der Waals surface area contributed by atoms with Gasteiger partial charge in [0.05, 0.1) is 5.76 Å². The van der Waals surface area contributed by atoms with Gasteiger partial charge in [-0.25, -0.2) is 0 Å². The minimum Gasteiger partial charge on any atom is -0.491 e. The van der Waals surface area contributed by atoms with Crippen molar-refractivity contribution in [3.05, 3.63) is 39.4 Å². The average molecular weight is 316 g/mol. The fourth-order valence-corrected chi connectivity index (χ4v) is 3.78. The molecule has 0 radical (unpaired) electrons. The largest absolute Gasteiger partial charge is 0.491 e. The lowest BCUT2D eigenvalue weighted by Crippen LogP contribution is -2.21. The Bertz CT molecular complexity index is 625. The van der Waals surface area contributed by atoms with E-state index in [1.54, 1.807) is 0 Å². The van der Waals surface area contributed by atoms with Crippen molar-refractivity contribution in [3.8, 4) is 0 Å². The molecule has 0 aromatic carbocycles. The summed E-state index contributed by atoms with van der Waals surface area (Å²) in [6.07, 6.45) is 1.15. The summed E-state index contributed by atoms with van der Waals surface area (Å²) in [7, 11) is 0. The fraction of sp³-hybridized carbons (Fsp3) is 0.667. The van der Waals surface area contributed by atoms with Crippen LogP contribution in [0.25, 0.3) is 0 Å². The maximum atomic E-state index is 6.28. The average Bonchev–Trinajstić information content (AvgIpc) is 2.44. The predicted octanol–water partition coefficient (Wildman–Crippen LogP) is 6.34. The van der Waals surface area contributed by atoms with E-state index in [0.29, 0.717) is 17.8 Å². The minimum absolute atomic E-state index is 0.0840. The Hall–Kier alpha value is -1.31. The van der Waals surface area contributed by atoms with Crippen LogP contribution in [0.1, 0.15) is 101 Å². The summed E-state index contributed by atoms with van der Waals surface area (Å²) in [6.45, 7) is 20.0. The highest BCUT2D eigenvalue weighted by molar-refractivity contribution is 5.45. The first-order valence-electron chi connectivity index (χ1n) is 8.98. The zero-order valence-electron chi connectivity index (χ0n) is 16.4. The van der Waals surface area contributed by atoms with Gasteiger partial charge in [0.1, 0.15) is 6.10 Å². The molecule has 0 N–H and O–H groups in total. The number of hydrogen-bond donors (Lipinski definition) is 0. The number of aromatic nitrogens is 1. The molecule has 1 aliphatic heterocycles. The summed E-state index contributed by atoms with van der Waals surface area (Å²) < 4.78 is 6.28. The Balaban J connectivity index is 2.82. The molecule has 23 heavy (non-hydrogen) atoms. The fourth-order valence-electron chi connectivity index (χ4n) is 3.78. The molecule has 0 amide bonds. The highest BCUT2D eigenvalue weighted by Gasteiger charge is 2.31. The van der Waals surface area contributed by atoms with Gasteiger partial charge in [0.2, 0.25) is 0 Å². The third kappa shape index (κ3) is 3.32. The molecule has 1 aromatic rings.